The first-order valence-corrected chi connectivity index (χ1v) is 6.44. The second kappa shape index (κ2) is 5.48. The van der Waals surface area contributed by atoms with E-state index in [1.807, 2.05) is 6.08 Å². The molecule has 1 heterocycles. The van der Waals surface area contributed by atoms with Crippen molar-refractivity contribution >= 4 is 5.97 Å². The summed E-state index contributed by atoms with van der Waals surface area (Å²) in [5.74, 6) is -0.736. The van der Waals surface area contributed by atoms with Crippen LogP contribution in [0.5, 0.6) is 0 Å². The maximum atomic E-state index is 10.8. The normalized spacial score (nSPS) is 24.9. The van der Waals surface area contributed by atoms with Gasteiger partial charge in [0.05, 0.1) is 0 Å². The molecule has 0 unspecified atom stereocenters. The summed E-state index contributed by atoms with van der Waals surface area (Å²) in [6.45, 7) is 1.77. The third kappa shape index (κ3) is 2.85. The summed E-state index contributed by atoms with van der Waals surface area (Å²) < 4.78 is 0. The Morgan fingerprint density at radius 1 is 1.25 bits per heavy atom. The van der Waals surface area contributed by atoms with Crippen molar-refractivity contribution in [3.05, 3.63) is 11.6 Å². The molecule has 2 rings (SSSR count). The predicted octanol–water partition coefficient (Wildman–Crippen LogP) is 2.43. The minimum Gasteiger partial charge on any atom is -0.478 e. The summed E-state index contributed by atoms with van der Waals surface area (Å²) >= 11 is 0. The predicted molar refractivity (Wildman–Crippen MR) is 63.4 cm³/mol. The second-order valence-corrected chi connectivity index (χ2v) is 4.92. The fourth-order valence-corrected chi connectivity index (χ4v) is 2.83. The topological polar surface area (TPSA) is 40.5 Å². The quantitative estimate of drug-likeness (QED) is 0.731. The Labute approximate surface area is 97.1 Å². The molecule has 1 aliphatic carbocycles. The molecule has 0 aromatic heterocycles. The molecule has 0 aromatic rings. The lowest BCUT2D eigenvalue weighted by atomic mass is 10.0. The van der Waals surface area contributed by atoms with Gasteiger partial charge in [0.1, 0.15) is 0 Å². The third-order valence-corrected chi connectivity index (χ3v) is 3.86. The summed E-state index contributed by atoms with van der Waals surface area (Å²) in [6.07, 6.45) is 10.7. The molecule has 0 spiro atoms. The zero-order valence-electron chi connectivity index (χ0n) is 9.82. The number of carboxylic acid groups (broad SMARTS) is 1. The van der Waals surface area contributed by atoms with Gasteiger partial charge in [-0.15, -0.1) is 0 Å². The SMILES string of the molecule is O=C(O)C1=CCN(C2CCCCCC2)CC1. The zero-order valence-corrected chi connectivity index (χ0v) is 9.82. The number of hydrogen-bond donors (Lipinski definition) is 1. The Morgan fingerprint density at radius 2 is 1.94 bits per heavy atom. The van der Waals surface area contributed by atoms with Crippen LogP contribution in [0.15, 0.2) is 11.6 Å². The van der Waals surface area contributed by atoms with E-state index < -0.39 is 5.97 Å². The maximum Gasteiger partial charge on any atom is 0.331 e. The second-order valence-electron chi connectivity index (χ2n) is 4.92. The van der Waals surface area contributed by atoms with Gasteiger partial charge in [-0.05, 0) is 19.3 Å². The molecule has 0 saturated heterocycles. The van der Waals surface area contributed by atoms with Crippen LogP contribution in [0.3, 0.4) is 0 Å². The zero-order chi connectivity index (χ0) is 11.4. The summed E-state index contributed by atoms with van der Waals surface area (Å²) in [4.78, 5) is 13.3. The van der Waals surface area contributed by atoms with Gasteiger partial charge >= 0.3 is 5.97 Å². The molecule has 2 aliphatic rings. The molecule has 1 saturated carbocycles. The molecule has 0 bridgehead atoms. The van der Waals surface area contributed by atoms with E-state index in [-0.39, 0.29) is 0 Å². The minimum absolute atomic E-state index is 0.602. The Balaban J connectivity index is 1.90. The van der Waals surface area contributed by atoms with Crippen molar-refractivity contribution in [1.82, 2.24) is 4.90 Å². The lowest BCUT2D eigenvalue weighted by molar-refractivity contribution is -0.133. The molecular formula is C13H21NO2. The van der Waals surface area contributed by atoms with Gasteiger partial charge < -0.3 is 5.11 Å². The molecule has 0 aromatic carbocycles. The monoisotopic (exact) mass is 223 g/mol. The minimum atomic E-state index is -0.736. The van der Waals surface area contributed by atoms with Crippen molar-refractivity contribution in [3.63, 3.8) is 0 Å². The van der Waals surface area contributed by atoms with Crippen molar-refractivity contribution in [1.29, 1.82) is 0 Å². The van der Waals surface area contributed by atoms with Gasteiger partial charge in [-0.2, -0.15) is 0 Å². The number of hydrogen-bond acceptors (Lipinski definition) is 2. The van der Waals surface area contributed by atoms with Crippen LogP contribution >= 0.6 is 0 Å². The smallest absolute Gasteiger partial charge is 0.331 e. The number of carbonyl (C=O) groups is 1. The number of carboxylic acids is 1. The highest BCUT2D eigenvalue weighted by Gasteiger charge is 2.23. The van der Waals surface area contributed by atoms with Gasteiger partial charge in [-0.3, -0.25) is 4.90 Å². The van der Waals surface area contributed by atoms with Gasteiger partial charge in [0.15, 0.2) is 0 Å². The van der Waals surface area contributed by atoms with E-state index in [1.165, 1.54) is 38.5 Å². The molecule has 0 amide bonds. The Kier molecular flexibility index (Phi) is 3.99. The van der Waals surface area contributed by atoms with Gasteiger partial charge in [0, 0.05) is 24.7 Å². The van der Waals surface area contributed by atoms with Crippen molar-refractivity contribution in [3.8, 4) is 0 Å². The van der Waals surface area contributed by atoms with E-state index in [0.29, 0.717) is 18.0 Å². The van der Waals surface area contributed by atoms with Gasteiger partial charge in [0.2, 0.25) is 0 Å². The van der Waals surface area contributed by atoms with Crippen molar-refractivity contribution in [2.45, 2.75) is 51.0 Å². The number of nitrogens with zero attached hydrogens (tertiary/aromatic N) is 1. The highest BCUT2D eigenvalue weighted by atomic mass is 16.4. The van der Waals surface area contributed by atoms with Crippen LogP contribution in [0.1, 0.15) is 44.9 Å². The van der Waals surface area contributed by atoms with Crippen molar-refractivity contribution in [2.75, 3.05) is 13.1 Å². The van der Waals surface area contributed by atoms with E-state index in [4.69, 9.17) is 5.11 Å². The summed E-state index contributed by atoms with van der Waals surface area (Å²) in [6, 6.07) is 0.703. The molecule has 1 aliphatic heterocycles. The summed E-state index contributed by atoms with van der Waals surface area (Å²) in [5.41, 5.74) is 0.602. The molecule has 1 fully saturated rings. The van der Waals surface area contributed by atoms with Gasteiger partial charge in [0.25, 0.3) is 0 Å². The van der Waals surface area contributed by atoms with Crippen molar-refractivity contribution < 1.29 is 9.90 Å². The van der Waals surface area contributed by atoms with Crippen LogP contribution in [0.2, 0.25) is 0 Å². The van der Waals surface area contributed by atoms with Crippen LogP contribution in [0.4, 0.5) is 0 Å². The number of rotatable bonds is 2. The fourth-order valence-electron chi connectivity index (χ4n) is 2.83. The first kappa shape index (κ1) is 11.6. The molecule has 0 atom stereocenters. The lowest BCUT2D eigenvalue weighted by Gasteiger charge is -2.32. The molecular weight excluding hydrogens is 202 g/mol. The van der Waals surface area contributed by atoms with E-state index in [1.54, 1.807) is 0 Å². The fraction of sp³-hybridized carbons (Fsp3) is 0.769. The molecule has 3 heteroatoms. The summed E-state index contributed by atoms with van der Waals surface area (Å²) in [7, 11) is 0. The highest BCUT2D eigenvalue weighted by Crippen LogP contribution is 2.24. The molecule has 3 nitrogen and oxygen atoms in total. The van der Waals surface area contributed by atoms with Crippen LogP contribution in [0, 0.1) is 0 Å². The van der Waals surface area contributed by atoms with E-state index >= 15 is 0 Å². The highest BCUT2D eigenvalue weighted by molar-refractivity contribution is 5.86. The first-order valence-electron chi connectivity index (χ1n) is 6.44. The van der Waals surface area contributed by atoms with Crippen LogP contribution in [-0.4, -0.2) is 35.1 Å². The molecule has 16 heavy (non-hydrogen) atoms. The van der Waals surface area contributed by atoms with Gasteiger partial charge in [-0.25, -0.2) is 4.79 Å². The average Bonchev–Trinajstić information content (AvgIpc) is 2.57. The Hall–Kier alpha value is -0.830. The Morgan fingerprint density at radius 3 is 2.44 bits per heavy atom. The summed E-state index contributed by atoms with van der Waals surface area (Å²) in [5, 5.41) is 8.89. The van der Waals surface area contributed by atoms with E-state index in [9.17, 15) is 4.79 Å². The molecule has 0 radical (unpaired) electrons. The lowest BCUT2D eigenvalue weighted by Crippen LogP contribution is -2.38. The van der Waals surface area contributed by atoms with Crippen LogP contribution in [0.25, 0.3) is 0 Å². The molecule has 1 N–H and O–H groups in total. The maximum absolute atomic E-state index is 10.8. The number of aliphatic carboxylic acids is 1. The third-order valence-electron chi connectivity index (χ3n) is 3.86. The van der Waals surface area contributed by atoms with E-state index in [0.717, 1.165) is 13.1 Å². The first-order chi connectivity index (χ1) is 7.77. The van der Waals surface area contributed by atoms with Crippen LogP contribution < -0.4 is 0 Å². The van der Waals surface area contributed by atoms with Crippen molar-refractivity contribution in [2.24, 2.45) is 0 Å². The standard InChI is InChI=1S/C13H21NO2/c15-13(16)11-7-9-14(10-8-11)12-5-3-1-2-4-6-12/h7,12H,1-6,8-10H2,(H,15,16). The largest absolute Gasteiger partial charge is 0.478 e. The average molecular weight is 223 g/mol. The molecule has 90 valence electrons. The Bertz CT molecular complexity index is 278. The van der Waals surface area contributed by atoms with Crippen LogP contribution in [-0.2, 0) is 4.79 Å². The van der Waals surface area contributed by atoms with Gasteiger partial charge in [-0.1, -0.05) is 31.8 Å². The van der Waals surface area contributed by atoms with E-state index in [2.05, 4.69) is 4.90 Å².